The maximum atomic E-state index is 2.57. The summed E-state index contributed by atoms with van der Waals surface area (Å²) in [6, 6.07) is 26.4. The molecular weight excluding hydrogens is 290 g/mol. The Morgan fingerprint density at radius 2 is 1.71 bits per heavy atom. The lowest BCUT2D eigenvalue weighted by Gasteiger charge is -2.30. The largest absolute Gasteiger partial charge is 0.294 e. The van der Waals surface area contributed by atoms with Gasteiger partial charge in [-0.3, -0.25) is 4.90 Å². The van der Waals surface area contributed by atoms with E-state index in [1.54, 1.807) is 0 Å². The van der Waals surface area contributed by atoms with Gasteiger partial charge in [-0.25, -0.2) is 0 Å². The summed E-state index contributed by atoms with van der Waals surface area (Å²) in [5.41, 5.74) is 8.47. The lowest BCUT2D eigenvalue weighted by Crippen LogP contribution is -2.30. The normalized spacial score (nSPS) is 14.4. The van der Waals surface area contributed by atoms with Crippen LogP contribution >= 0.6 is 0 Å². The first-order valence-electron chi connectivity index (χ1n) is 8.74. The van der Waals surface area contributed by atoms with Crippen LogP contribution in [0.15, 0.2) is 72.8 Å². The van der Waals surface area contributed by atoms with Crippen LogP contribution in [0.1, 0.15) is 22.3 Å². The van der Waals surface area contributed by atoms with Gasteiger partial charge in [0.1, 0.15) is 0 Å². The van der Waals surface area contributed by atoms with Crippen LogP contribution in [0.25, 0.3) is 11.1 Å². The zero-order chi connectivity index (χ0) is 16.4. The Bertz CT molecular complexity index is 836. The Morgan fingerprint density at radius 1 is 0.875 bits per heavy atom. The molecule has 1 nitrogen and oxygen atoms in total. The summed E-state index contributed by atoms with van der Waals surface area (Å²) in [5.74, 6) is 0. The van der Waals surface area contributed by atoms with Crippen molar-refractivity contribution in [2.24, 2.45) is 0 Å². The highest BCUT2D eigenvalue weighted by Gasteiger charge is 2.19. The van der Waals surface area contributed by atoms with Crippen LogP contribution in [-0.2, 0) is 19.5 Å². The van der Waals surface area contributed by atoms with Gasteiger partial charge in [0, 0.05) is 19.6 Å². The van der Waals surface area contributed by atoms with Crippen molar-refractivity contribution in [3.8, 4) is 11.1 Å². The van der Waals surface area contributed by atoms with Crippen molar-refractivity contribution in [2.75, 3.05) is 6.54 Å². The summed E-state index contributed by atoms with van der Waals surface area (Å²) in [4.78, 5) is 2.57. The predicted molar refractivity (Wildman–Crippen MR) is 101 cm³/mol. The van der Waals surface area contributed by atoms with Crippen LogP contribution < -0.4 is 0 Å². The van der Waals surface area contributed by atoms with Crippen LogP contribution in [0.5, 0.6) is 0 Å². The smallest absolute Gasteiger partial charge is 0.0246 e. The Balaban J connectivity index is 1.65. The van der Waals surface area contributed by atoms with E-state index in [1.807, 2.05) is 0 Å². The lowest BCUT2D eigenvalue weighted by atomic mass is 9.90. The summed E-state index contributed by atoms with van der Waals surface area (Å²) >= 11 is 0. The second-order valence-corrected chi connectivity index (χ2v) is 6.76. The molecule has 3 aromatic carbocycles. The SMILES string of the molecule is Cc1cccc(-c2cccc3c2CN(Cc2ccccc2)CC3)c1. The first kappa shape index (κ1) is 15.2. The fraction of sp³-hybridized carbons (Fsp3) is 0.217. The first-order valence-corrected chi connectivity index (χ1v) is 8.74. The first-order chi connectivity index (χ1) is 11.8. The number of hydrogen-bond acceptors (Lipinski definition) is 1. The van der Waals surface area contributed by atoms with Crippen molar-refractivity contribution >= 4 is 0 Å². The van der Waals surface area contributed by atoms with Gasteiger partial charge in [0.25, 0.3) is 0 Å². The summed E-state index contributed by atoms with van der Waals surface area (Å²) in [7, 11) is 0. The van der Waals surface area contributed by atoms with Gasteiger partial charge in [0.15, 0.2) is 0 Å². The standard InChI is InChI=1S/C23H23N/c1-18-7-5-11-21(15-18)22-12-6-10-20-13-14-24(17-23(20)22)16-19-8-3-2-4-9-19/h2-12,15H,13-14,16-17H2,1H3. The highest BCUT2D eigenvalue weighted by molar-refractivity contribution is 5.69. The van der Waals surface area contributed by atoms with Crippen LogP contribution in [0.3, 0.4) is 0 Å². The Labute approximate surface area is 144 Å². The summed E-state index contributed by atoms with van der Waals surface area (Å²) in [5, 5.41) is 0. The molecule has 0 N–H and O–H groups in total. The molecule has 1 aliphatic rings. The van der Waals surface area contributed by atoms with E-state index < -0.39 is 0 Å². The Kier molecular flexibility index (Phi) is 4.18. The molecule has 0 bridgehead atoms. The number of fused-ring (bicyclic) bond motifs is 1. The molecule has 0 amide bonds. The molecule has 120 valence electrons. The van der Waals surface area contributed by atoms with E-state index in [2.05, 4.69) is 84.6 Å². The molecule has 4 rings (SSSR count). The summed E-state index contributed by atoms with van der Waals surface area (Å²) in [6.07, 6.45) is 1.14. The second kappa shape index (κ2) is 6.62. The molecular formula is C23H23N. The van der Waals surface area contributed by atoms with E-state index in [0.717, 1.165) is 26.1 Å². The third kappa shape index (κ3) is 3.13. The predicted octanol–water partition coefficient (Wildman–Crippen LogP) is 5.22. The van der Waals surface area contributed by atoms with Gasteiger partial charge >= 0.3 is 0 Å². The third-order valence-corrected chi connectivity index (χ3v) is 4.93. The molecule has 0 fully saturated rings. The molecule has 3 aromatic rings. The molecule has 0 spiro atoms. The molecule has 0 saturated heterocycles. The van der Waals surface area contributed by atoms with E-state index in [9.17, 15) is 0 Å². The van der Waals surface area contributed by atoms with Crippen LogP contribution in [-0.4, -0.2) is 11.4 Å². The quantitative estimate of drug-likeness (QED) is 0.641. The Hall–Kier alpha value is -2.38. The number of nitrogens with zero attached hydrogens (tertiary/aromatic N) is 1. The molecule has 0 saturated carbocycles. The maximum absolute atomic E-state index is 2.57. The Morgan fingerprint density at radius 3 is 2.54 bits per heavy atom. The van der Waals surface area contributed by atoms with Crippen molar-refractivity contribution in [2.45, 2.75) is 26.4 Å². The maximum Gasteiger partial charge on any atom is 0.0246 e. The minimum absolute atomic E-state index is 1.03. The van der Waals surface area contributed by atoms with Gasteiger partial charge in [-0.15, -0.1) is 0 Å². The summed E-state index contributed by atoms with van der Waals surface area (Å²) < 4.78 is 0. The summed E-state index contributed by atoms with van der Waals surface area (Å²) in [6.45, 7) is 5.37. The average Bonchev–Trinajstić information content (AvgIpc) is 2.62. The van der Waals surface area contributed by atoms with Gasteiger partial charge in [0.05, 0.1) is 0 Å². The van der Waals surface area contributed by atoms with E-state index in [4.69, 9.17) is 0 Å². The minimum Gasteiger partial charge on any atom is -0.294 e. The van der Waals surface area contributed by atoms with Gasteiger partial charge < -0.3 is 0 Å². The fourth-order valence-electron chi connectivity index (χ4n) is 3.70. The molecule has 0 aromatic heterocycles. The lowest BCUT2D eigenvalue weighted by molar-refractivity contribution is 0.246. The van der Waals surface area contributed by atoms with E-state index in [1.165, 1.54) is 33.4 Å². The topological polar surface area (TPSA) is 3.24 Å². The van der Waals surface area contributed by atoms with Crippen molar-refractivity contribution in [3.05, 3.63) is 95.1 Å². The van der Waals surface area contributed by atoms with Gasteiger partial charge in [-0.05, 0) is 41.2 Å². The van der Waals surface area contributed by atoms with E-state index in [-0.39, 0.29) is 0 Å². The average molecular weight is 313 g/mol. The van der Waals surface area contributed by atoms with E-state index in [0.29, 0.717) is 0 Å². The number of aryl methyl sites for hydroxylation is 1. The van der Waals surface area contributed by atoms with Gasteiger partial charge in [-0.1, -0.05) is 78.4 Å². The highest BCUT2D eigenvalue weighted by Crippen LogP contribution is 2.31. The van der Waals surface area contributed by atoms with Crippen molar-refractivity contribution in [1.82, 2.24) is 4.90 Å². The van der Waals surface area contributed by atoms with Gasteiger partial charge in [0.2, 0.25) is 0 Å². The number of benzene rings is 3. The third-order valence-electron chi connectivity index (χ3n) is 4.93. The van der Waals surface area contributed by atoms with Crippen LogP contribution in [0, 0.1) is 6.92 Å². The number of hydrogen-bond donors (Lipinski definition) is 0. The minimum atomic E-state index is 1.03. The molecule has 0 atom stereocenters. The molecule has 0 unspecified atom stereocenters. The van der Waals surface area contributed by atoms with Crippen LogP contribution in [0.2, 0.25) is 0 Å². The van der Waals surface area contributed by atoms with E-state index >= 15 is 0 Å². The van der Waals surface area contributed by atoms with Crippen molar-refractivity contribution in [1.29, 1.82) is 0 Å². The van der Waals surface area contributed by atoms with Gasteiger partial charge in [-0.2, -0.15) is 0 Å². The zero-order valence-corrected chi connectivity index (χ0v) is 14.2. The van der Waals surface area contributed by atoms with Crippen LogP contribution in [0.4, 0.5) is 0 Å². The highest BCUT2D eigenvalue weighted by atomic mass is 15.1. The van der Waals surface area contributed by atoms with Crippen molar-refractivity contribution < 1.29 is 0 Å². The monoisotopic (exact) mass is 313 g/mol. The fourth-order valence-corrected chi connectivity index (χ4v) is 3.70. The molecule has 24 heavy (non-hydrogen) atoms. The zero-order valence-electron chi connectivity index (χ0n) is 14.2. The van der Waals surface area contributed by atoms with Crippen molar-refractivity contribution in [3.63, 3.8) is 0 Å². The molecule has 1 heteroatoms. The number of rotatable bonds is 3. The molecule has 1 heterocycles. The second-order valence-electron chi connectivity index (χ2n) is 6.76. The molecule has 0 radical (unpaired) electrons. The molecule has 1 aliphatic heterocycles. The molecule has 0 aliphatic carbocycles.